The van der Waals surface area contributed by atoms with Crippen molar-refractivity contribution in [2.75, 3.05) is 0 Å². The first-order valence-corrected chi connectivity index (χ1v) is 6.05. The largest absolute Gasteiger partial charge is 0.388 e. The first-order valence-electron chi connectivity index (χ1n) is 6.05. The van der Waals surface area contributed by atoms with Crippen LogP contribution in [0, 0.1) is 19.7 Å². The molecule has 0 bridgehead atoms. The van der Waals surface area contributed by atoms with Crippen molar-refractivity contribution in [3.8, 4) is 0 Å². The number of rotatable bonds is 3. The van der Waals surface area contributed by atoms with Crippen molar-refractivity contribution in [2.45, 2.75) is 26.4 Å². The quantitative estimate of drug-likeness (QED) is 0.872. The predicted molar refractivity (Wildman–Crippen MR) is 71.0 cm³/mol. The van der Waals surface area contributed by atoms with Gasteiger partial charge in [0.05, 0.1) is 6.10 Å². The van der Waals surface area contributed by atoms with E-state index in [1.807, 2.05) is 32.0 Å². The summed E-state index contributed by atoms with van der Waals surface area (Å²) in [6, 6.07) is 12.4. The Bertz CT molecular complexity index is 528. The summed E-state index contributed by atoms with van der Waals surface area (Å²) in [5, 5.41) is 10.2. The lowest BCUT2D eigenvalue weighted by Crippen LogP contribution is -2.03. The molecule has 0 radical (unpaired) electrons. The van der Waals surface area contributed by atoms with Crippen molar-refractivity contribution in [3.63, 3.8) is 0 Å². The number of aryl methyl sites for hydroxylation is 2. The molecule has 1 unspecified atom stereocenters. The third-order valence-corrected chi connectivity index (χ3v) is 2.95. The topological polar surface area (TPSA) is 20.2 Å². The molecule has 94 valence electrons. The van der Waals surface area contributed by atoms with E-state index < -0.39 is 6.10 Å². The molecule has 2 rings (SSSR count). The first-order chi connectivity index (χ1) is 8.54. The maximum Gasteiger partial charge on any atom is 0.123 e. The van der Waals surface area contributed by atoms with E-state index in [0.717, 1.165) is 22.3 Å². The Morgan fingerprint density at radius 1 is 1.06 bits per heavy atom. The fraction of sp³-hybridized carbons (Fsp3) is 0.250. The molecule has 0 aromatic heterocycles. The lowest BCUT2D eigenvalue weighted by Gasteiger charge is -2.13. The van der Waals surface area contributed by atoms with Gasteiger partial charge in [0.25, 0.3) is 0 Å². The standard InChI is InChI=1S/C16H17FO/c1-11-6-12(2)8-14(7-11)16(18)10-13-4-3-5-15(17)9-13/h3-9,16,18H,10H2,1-2H3. The zero-order valence-electron chi connectivity index (χ0n) is 10.7. The molecule has 0 aliphatic rings. The van der Waals surface area contributed by atoms with E-state index >= 15 is 0 Å². The Morgan fingerprint density at radius 2 is 1.72 bits per heavy atom. The van der Waals surface area contributed by atoms with Crippen molar-refractivity contribution in [3.05, 3.63) is 70.5 Å². The molecule has 2 aromatic rings. The highest BCUT2D eigenvalue weighted by atomic mass is 19.1. The summed E-state index contributed by atoms with van der Waals surface area (Å²) in [4.78, 5) is 0. The zero-order chi connectivity index (χ0) is 13.1. The van der Waals surface area contributed by atoms with Gasteiger partial charge < -0.3 is 5.11 Å². The van der Waals surface area contributed by atoms with Crippen LogP contribution in [0.4, 0.5) is 4.39 Å². The van der Waals surface area contributed by atoms with Crippen LogP contribution in [0.5, 0.6) is 0 Å². The average molecular weight is 244 g/mol. The molecule has 0 amide bonds. The molecule has 0 aliphatic heterocycles. The summed E-state index contributed by atoms with van der Waals surface area (Å²) >= 11 is 0. The van der Waals surface area contributed by atoms with Gasteiger partial charge in [-0.25, -0.2) is 4.39 Å². The molecule has 2 heteroatoms. The summed E-state index contributed by atoms with van der Waals surface area (Å²) in [6.45, 7) is 4.01. The molecule has 0 fully saturated rings. The van der Waals surface area contributed by atoms with Crippen molar-refractivity contribution in [1.82, 2.24) is 0 Å². The Kier molecular flexibility index (Phi) is 3.78. The second kappa shape index (κ2) is 5.32. The molecule has 0 saturated carbocycles. The molecule has 1 atom stereocenters. The summed E-state index contributed by atoms with van der Waals surface area (Å²) in [6.07, 6.45) is -0.161. The Labute approximate surface area is 107 Å². The van der Waals surface area contributed by atoms with E-state index in [0.29, 0.717) is 6.42 Å². The fourth-order valence-corrected chi connectivity index (χ4v) is 2.21. The zero-order valence-corrected chi connectivity index (χ0v) is 10.7. The fourth-order valence-electron chi connectivity index (χ4n) is 2.21. The monoisotopic (exact) mass is 244 g/mol. The average Bonchev–Trinajstić information content (AvgIpc) is 2.27. The number of benzene rings is 2. The highest BCUT2D eigenvalue weighted by Crippen LogP contribution is 2.21. The number of aliphatic hydroxyl groups excluding tert-OH is 1. The minimum atomic E-state index is -0.592. The van der Waals surface area contributed by atoms with Crippen molar-refractivity contribution in [1.29, 1.82) is 0 Å². The van der Waals surface area contributed by atoms with Crippen LogP contribution in [0.25, 0.3) is 0 Å². The summed E-state index contributed by atoms with van der Waals surface area (Å²) in [7, 11) is 0. The molecule has 0 heterocycles. The summed E-state index contributed by atoms with van der Waals surface area (Å²) < 4.78 is 13.1. The van der Waals surface area contributed by atoms with E-state index in [1.165, 1.54) is 12.1 Å². The van der Waals surface area contributed by atoms with Crippen LogP contribution in [0.2, 0.25) is 0 Å². The van der Waals surface area contributed by atoms with E-state index in [4.69, 9.17) is 0 Å². The van der Waals surface area contributed by atoms with Gasteiger partial charge in [-0.3, -0.25) is 0 Å². The molecule has 1 N–H and O–H groups in total. The normalized spacial score (nSPS) is 12.4. The SMILES string of the molecule is Cc1cc(C)cc(C(O)Cc2cccc(F)c2)c1. The molecule has 0 spiro atoms. The number of halogens is 1. The second-order valence-corrected chi connectivity index (χ2v) is 4.77. The molecular formula is C16H17FO. The molecule has 0 saturated heterocycles. The van der Waals surface area contributed by atoms with Gasteiger partial charge in [0.15, 0.2) is 0 Å². The highest BCUT2D eigenvalue weighted by molar-refractivity contribution is 5.31. The Hall–Kier alpha value is -1.67. The highest BCUT2D eigenvalue weighted by Gasteiger charge is 2.10. The third-order valence-electron chi connectivity index (χ3n) is 2.95. The lowest BCUT2D eigenvalue weighted by molar-refractivity contribution is 0.178. The van der Waals surface area contributed by atoms with Crippen molar-refractivity contribution in [2.24, 2.45) is 0 Å². The summed E-state index contributed by atoms with van der Waals surface area (Å²) in [5.41, 5.74) is 3.95. The van der Waals surface area contributed by atoms with E-state index in [9.17, 15) is 9.50 Å². The van der Waals surface area contributed by atoms with Crippen LogP contribution in [0.1, 0.15) is 28.4 Å². The van der Waals surface area contributed by atoms with Crippen LogP contribution >= 0.6 is 0 Å². The maximum atomic E-state index is 13.1. The molecule has 18 heavy (non-hydrogen) atoms. The summed E-state index contributed by atoms with van der Waals surface area (Å²) in [5.74, 6) is -0.264. The van der Waals surface area contributed by atoms with Crippen LogP contribution < -0.4 is 0 Å². The molecule has 0 aliphatic carbocycles. The predicted octanol–water partition coefficient (Wildman–Crippen LogP) is 3.72. The van der Waals surface area contributed by atoms with Gasteiger partial charge in [0.1, 0.15) is 5.82 Å². The molecule has 1 nitrogen and oxygen atoms in total. The Morgan fingerprint density at radius 3 is 2.33 bits per heavy atom. The number of aliphatic hydroxyl groups is 1. The van der Waals surface area contributed by atoms with Gasteiger partial charge in [0.2, 0.25) is 0 Å². The van der Waals surface area contributed by atoms with E-state index in [-0.39, 0.29) is 5.82 Å². The van der Waals surface area contributed by atoms with Gasteiger partial charge in [-0.1, -0.05) is 41.5 Å². The number of hydrogen-bond donors (Lipinski definition) is 1. The molecular weight excluding hydrogens is 227 g/mol. The molecule has 2 aromatic carbocycles. The van der Waals surface area contributed by atoms with E-state index in [2.05, 4.69) is 6.07 Å². The number of hydrogen-bond acceptors (Lipinski definition) is 1. The van der Waals surface area contributed by atoms with Crippen molar-refractivity contribution >= 4 is 0 Å². The van der Waals surface area contributed by atoms with E-state index in [1.54, 1.807) is 6.07 Å². The van der Waals surface area contributed by atoms with Crippen molar-refractivity contribution < 1.29 is 9.50 Å². The van der Waals surface area contributed by atoms with Crippen LogP contribution in [0.15, 0.2) is 42.5 Å². The van der Waals surface area contributed by atoms with Gasteiger partial charge in [-0.05, 0) is 37.1 Å². The first kappa shape index (κ1) is 12.8. The van der Waals surface area contributed by atoms with Gasteiger partial charge in [0, 0.05) is 6.42 Å². The van der Waals surface area contributed by atoms with Crippen LogP contribution in [-0.4, -0.2) is 5.11 Å². The Balaban J connectivity index is 2.19. The van der Waals surface area contributed by atoms with Crippen LogP contribution in [-0.2, 0) is 6.42 Å². The smallest absolute Gasteiger partial charge is 0.123 e. The third kappa shape index (κ3) is 3.17. The van der Waals surface area contributed by atoms with Crippen LogP contribution in [0.3, 0.4) is 0 Å². The maximum absolute atomic E-state index is 13.1. The van der Waals surface area contributed by atoms with Gasteiger partial charge in [-0.15, -0.1) is 0 Å². The lowest BCUT2D eigenvalue weighted by atomic mass is 9.98. The van der Waals surface area contributed by atoms with Gasteiger partial charge in [-0.2, -0.15) is 0 Å². The minimum absolute atomic E-state index is 0.264. The second-order valence-electron chi connectivity index (χ2n) is 4.77. The van der Waals surface area contributed by atoms with Gasteiger partial charge >= 0.3 is 0 Å². The minimum Gasteiger partial charge on any atom is -0.388 e.